The predicted octanol–water partition coefficient (Wildman–Crippen LogP) is 4.83. The monoisotopic (exact) mass is 656 g/mol. The first kappa shape index (κ1) is 33.1. The number of ether oxygens (including phenoxy) is 4. The number of sulfone groups is 2. The van der Waals surface area contributed by atoms with E-state index in [-0.39, 0.29) is 40.8 Å². The van der Waals surface area contributed by atoms with Crippen molar-refractivity contribution in [2.75, 3.05) is 31.9 Å². The van der Waals surface area contributed by atoms with Crippen LogP contribution >= 0.6 is 0 Å². The lowest BCUT2D eigenvalue weighted by molar-refractivity contribution is 0.134. The number of amides is 1. The fourth-order valence-corrected chi connectivity index (χ4v) is 5.69. The Morgan fingerprint density at radius 1 is 0.867 bits per heavy atom. The van der Waals surface area contributed by atoms with Gasteiger partial charge in [0, 0.05) is 12.5 Å². The van der Waals surface area contributed by atoms with Crippen LogP contribution < -0.4 is 19.5 Å². The Morgan fingerprint density at radius 3 is 2.13 bits per heavy atom. The molecule has 13 nitrogen and oxygen atoms in total. The number of para-hydroxylation sites is 2. The van der Waals surface area contributed by atoms with Crippen LogP contribution in [0, 0.1) is 0 Å². The van der Waals surface area contributed by atoms with Crippen molar-refractivity contribution in [2.45, 2.75) is 41.3 Å². The van der Waals surface area contributed by atoms with E-state index < -0.39 is 47.6 Å². The normalized spacial score (nSPS) is 11.8. The van der Waals surface area contributed by atoms with Crippen molar-refractivity contribution in [1.82, 2.24) is 15.0 Å². The minimum absolute atomic E-state index is 0.0751. The summed E-state index contributed by atoms with van der Waals surface area (Å²) in [7, 11) is -7.27. The average molecular weight is 657 g/mol. The Labute approximate surface area is 261 Å². The average Bonchev–Trinajstić information content (AvgIpc) is 2.99. The summed E-state index contributed by atoms with van der Waals surface area (Å²) in [4.78, 5) is 23.9. The van der Waals surface area contributed by atoms with Crippen LogP contribution in [0.5, 0.6) is 23.1 Å². The number of carbonyl (C=O) groups excluding carboxylic acids is 1. The zero-order valence-electron chi connectivity index (χ0n) is 25.2. The number of hydrogen-bond donors (Lipinski definition) is 1. The van der Waals surface area contributed by atoms with Gasteiger partial charge in [-0.1, -0.05) is 51.1 Å². The summed E-state index contributed by atoms with van der Waals surface area (Å²) >= 11 is 0. The molecule has 0 unspecified atom stereocenters. The smallest absolute Gasteiger partial charge is 0.412 e. The molecule has 4 rings (SSSR count). The van der Waals surface area contributed by atoms with E-state index in [1.807, 2.05) is 20.8 Å². The van der Waals surface area contributed by atoms with Crippen LogP contribution in [-0.4, -0.2) is 64.5 Å². The van der Waals surface area contributed by atoms with E-state index in [1.165, 1.54) is 31.5 Å². The number of rotatable bonds is 11. The predicted molar refractivity (Wildman–Crippen MR) is 164 cm³/mol. The highest BCUT2D eigenvalue weighted by molar-refractivity contribution is 7.91. The Balaban J connectivity index is 1.76. The van der Waals surface area contributed by atoms with Gasteiger partial charge in [0.2, 0.25) is 30.4 Å². The van der Waals surface area contributed by atoms with Crippen LogP contribution in [0.4, 0.5) is 10.6 Å². The van der Waals surface area contributed by atoms with E-state index in [0.29, 0.717) is 0 Å². The van der Waals surface area contributed by atoms with Gasteiger partial charge < -0.3 is 18.9 Å². The third kappa shape index (κ3) is 8.25. The second kappa shape index (κ2) is 13.5. The zero-order valence-corrected chi connectivity index (χ0v) is 26.8. The molecule has 1 N–H and O–H groups in total. The number of hydrogen-bond acceptors (Lipinski definition) is 12. The fourth-order valence-electron chi connectivity index (χ4n) is 3.83. The van der Waals surface area contributed by atoms with E-state index in [2.05, 4.69) is 20.3 Å². The molecule has 45 heavy (non-hydrogen) atoms. The van der Waals surface area contributed by atoms with Crippen molar-refractivity contribution in [3.63, 3.8) is 0 Å². The van der Waals surface area contributed by atoms with Crippen molar-refractivity contribution >= 4 is 31.6 Å². The summed E-state index contributed by atoms with van der Waals surface area (Å²) in [6.45, 7) is 5.25. The lowest BCUT2D eigenvalue weighted by Crippen LogP contribution is -2.19. The highest BCUT2D eigenvalue weighted by atomic mass is 32.2. The largest absolute Gasteiger partial charge is 0.493 e. The van der Waals surface area contributed by atoms with Gasteiger partial charge in [-0.15, -0.1) is 0 Å². The Morgan fingerprint density at radius 2 is 1.53 bits per heavy atom. The zero-order chi connectivity index (χ0) is 32.8. The topological polar surface area (TPSA) is 173 Å². The number of nitrogens with one attached hydrogen (secondary N) is 1. The van der Waals surface area contributed by atoms with Crippen LogP contribution in [0.3, 0.4) is 0 Å². The number of pyridine rings is 1. The first-order valence-corrected chi connectivity index (χ1v) is 16.8. The second-order valence-electron chi connectivity index (χ2n) is 10.6. The summed E-state index contributed by atoms with van der Waals surface area (Å²) in [6.07, 6.45) is 1.48. The first-order valence-electron chi connectivity index (χ1n) is 13.5. The molecule has 2 aromatic carbocycles. The quantitative estimate of drug-likeness (QED) is 0.133. The molecule has 2 heterocycles. The molecular formula is C30H32N4O9S2. The van der Waals surface area contributed by atoms with Crippen molar-refractivity contribution in [1.29, 1.82) is 0 Å². The van der Waals surface area contributed by atoms with Crippen LogP contribution in [0.1, 0.15) is 26.3 Å². The van der Waals surface area contributed by atoms with Crippen molar-refractivity contribution in [2.24, 2.45) is 0 Å². The maximum absolute atomic E-state index is 14.0. The van der Waals surface area contributed by atoms with Gasteiger partial charge in [0.1, 0.15) is 19.0 Å². The SMILES string of the molecule is COc1ccccc1Oc1c(OCCOC(=O)Nc2ccccn2)nc(S(C)(=O)=O)nc1S(=O)(=O)c1ccc(C(C)(C)C)cc1. The molecule has 0 atom stereocenters. The maximum Gasteiger partial charge on any atom is 0.412 e. The molecule has 238 valence electrons. The Bertz CT molecular complexity index is 1880. The molecule has 0 spiro atoms. The number of aromatic nitrogens is 3. The number of anilines is 1. The fraction of sp³-hybridized carbons (Fsp3) is 0.267. The van der Waals surface area contributed by atoms with E-state index in [0.717, 1.165) is 11.8 Å². The molecule has 0 aliphatic carbocycles. The molecule has 4 aromatic rings. The van der Waals surface area contributed by atoms with Crippen LogP contribution in [0.15, 0.2) is 88.0 Å². The molecule has 15 heteroatoms. The summed E-state index contributed by atoms with van der Waals surface area (Å²) in [5, 5.41) is 0.866. The molecule has 0 radical (unpaired) electrons. The number of carbonyl (C=O) groups is 1. The minimum atomic E-state index is -4.52. The number of nitrogens with zero attached hydrogens (tertiary/aromatic N) is 3. The molecule has 0 saturated heterocycles. The van der Waals surface area contributed by atoms with Gasteiger partial charge in [0.15, 0.2) is 11.5 Å². The van der Waals surface area contributed by atoms with Crippen LogP contribution in [-0.2, 0) is 29.8 Å². The summed E-state index contributed by atoms with van der Waals surface area (Å²) in [6, 6.07) is 17.4. The summed E-state index contributed by atoms with van der Waals surface area (Å²) < 4.78 is 75.4. The van der Waals surface area contributed by atoms with Gasteiger partial charge in [-0.2, -0.15) is 4.98 Å². The maximum atomic E-state index is 14.0. The number of benzene rings is 2. The molecule has 2 aromatic heterocycles. The molecule has 1 amide bonds. The number of methoxy groups -OCH3 is 1. The first-order chi connectivity index (χ1) is 21.2. The van der Waals surface area contributed by atoms with Crippen molar-refractivity contribution < 1.29 is 40.6 Å². The Hall–Kier alpha value is -4.76. The van der Waals surface area contributed by atoms with Crippen LogP contribution in [0.2, 0.25) is 0 Å². The van der Waals surface area contributed by atoms with E-state index in [9.17, 15) is 21.6 Å². The van der Waals surface area contributed by atoms with E-state index >= 15 is 0 Å². The highest BCUT2D eigenvalue weighted by Gasteiger charge is 2.33. The van der Waals surface area contributed by atoms with Gasteiger partial charge >= 0.3 is 6.09 Å². The van der Waals surface area contributed by atoms with E-state index in [4.69, 9.17) is 18.9 Å². The van der Waals surface area contributed by atoms with E-state index in [1.54, 1.807) is 48.5 Å². The highest BCUT2D eigenvalue weighted by Crippen LogP contribution is 2.41. The standard InChI is InChI=1S/C30H32N4O9S2/c1-30(2,3)20-13-15-21(16-14-20)45(38,39)27-25(43-23-11-7-6-10-22(23)40-4)26(33-28(34-27)44(5,36)37)41-18-19-42-29(35)32-24-12-8-9-17-31-24/h6-17H,18-19H2,1-5H3,(H,31,32,35). The van der Waals surface area contributed by atoms with Crippen molar-refractivity contribution in [3.05, 3.63) is 78.5 Å². The molecule has 0 aliphatic rings. The third-order valence-corrected chi connectivity index (χ3v) is 8.66. The van der Waals surface area contributed by atoms with Crippen molar-refractivity contribution in [3.8, 4) is 23.1 Å². The van der Waals surface area contributed by atoms with Gasteiger partial charge in [-0.05, 0) is 47.4 Å². The molecular weight excluding hydrogens is 624 g/mol. The Kier molecular flexibility index (Phi) is 9.93. The van der Waals surface area contributed by atoms with Gasteiger partial charge in [-0.3, -0.25) is 5.32 Å². The molecule has 0 aliphatic heterocycles. The van der Waals surface area contributed by atoms with Crippen LogP contribution in [0.25, 0.3) is 0 Å². The molecule has 0 bridgehead atoms. The minimum Gasteiger partial charge on any atom is -0.493 e. The molecule has 0 fully saturated rings. The second-order valence-corrected chi connectivity index (χ2v) is 14.3. The third-order valence-electron chi connectivity index (χ3n) is 6.13. The summed E-state index contributed by atoms with van der Waals surface area (Å²) in [5.41, 5.74) is 0.624. The summed E-state index contributed by atoms with van der Waals surface area (Å²) in [5.74, 6) is -0.441. The van der Waals surface area contributed by atoms with Gasteiger partial charge in [-0.25, -0.2) is 31.6 Å². The van der Waals surface area contributed by atoms with Gasteiger partial charge in [0.05, 0.1) is 12.0 Å². The lowest BCUT2D eigenvalue weighted by Gasteiger charge is -2.20. The van der Waals surface area contributed by atoms with Gasteiger partial charge in [0.25, 0.3) is 11.0 Å². The molecule has 0 saturated carbocycles. The lowest BCUT2D eigenvalue weighted by atomic mass is 9.87.